The van der Waals surface area contributed by atoms with Crippen molar-refractivity contribution in [3.63, 3.8) is 0 Å². The van der Waals surface area contributed by atoms with Crippen LogP contribution >= 0.6 is 15.9 Å². The van der Waals surface area contributed by atoms with Crippen LogP contribution in [0.2, 0.25) is 0 Å². The minimum Gasteiger partial charge on any atom is -0.464 e. The summed E-state index contributed by atoms with van der Waals surface area (Å²) in [6.45, 7) is 6.66. The van der Waals surface area contributed by atoms with Gasteiger partial charge in [0, 0.05) is 11.0 Å². The monoisotopic (exact) mass is 322 g/mol. The molecule has 1 heterocycles. The van der Waals surface area contributed by atoms with E-state index in [9.17, 15) is 0 Å². The second-order valence-corrected chi connectivity index (χ2v) is 5.34. The summed E-state index contributed by atoms with van der Waals surface area (Å²) in [6, 6.07) is 8.66. The summed E-state index contributed by atoms with van der Waals surface area (Å²) in [5.74, 6) is 0. The molecule has 4 heteroatoms. The topological polar surface area (TPSA) is 27.1 Å². The Hall–Kier alpha value is -1.29. The lowest BCUT2D eigenvalue weighted by molar-refractivity contribution is 0.281. The van der Waals surface area contributed by atoms with E-state index in [4.69, 9.17) is 4.74 Å². The number of allylic oxidation sites excluding steroid dienone is 1. The second-order valence-electron chi connectivity index (χ2n) is 4.55. The van der Waals surface area contributed by atoms with Gasteiger partial charge in [-0.2, -0.15) is 4.98 Å². The van der Waals surface area contributed by atoms with Gasteiger partial charge in [-0.1, -0.05) is 34.6 Å². The van der Waals surface area contributed by atoms with Crippen molar-refractivity contribution in [1.82, 2.24) is 9.55 Å². The lowest BCUT2D eigenvalue weighted by atomic mass is 10.3. The van der Waals surface area contributed by atoms with Crippen molar-refractivity contribution in [2.75, 3.05) is 11.9 Å². The van der Waals surface area contributed by atoms with Crippen LogP contribution in [0.15, 0.2) is 30.8 Å². The van der Waals surface area contributed by atoms with E-state index in [2.05, 4.69) is 27.5 Å². The Labute approximate surface area is 122 Å². The molecule has 2 rings (SSSR count). The summed E-state index contributed by atoms with van der Waals surface area (Å²) in [6.07, 6.45) is 3.39. The minimum atomic E-state index is 0.646. The molecule has 0 radical (unpaired) electrons. The van der Waals surface area contributed by atoms with Gasteiger partial charge in [0.05, 0.1) is 17.6 Å². The molecule has 0 bridgehead atoms. The highest BCUT2D eigenvalue weighted by molar-refractivity contribution is 9.09. The molecule has 2 aromatic rings. The zero-order valence-corrected chi connectivity index (χ0v) is 12.8. The Morgan fingerprint density at radius 2 is 2.11 bits per heavy atom. The van der Waals surface area contributed by atoms with E-state index in [-0.39, 0.29) is 0 Å². The van der Waals surface area contributed by atoms with Crippen molar-refractivity contribution in [3.8, 4) is 6.01 Å². The number of aromatic nitrogens is 2. The van der Waals surface area contributed by atoms with Crippen molar-refractivity contribution < 1.29 is 4.74 Å². The lowest BCUT2D eigenvalue weighted by Gasteiger charge is -2.09. The molecule has 102 valence electrons. The van der Waals surface area contributed by atoms with Gasteiger partial charge in [0.25, 0.3) is 0 Å². The van der Waals surface area contributed by atoms with Gasteiger partial charge in [-0.15, -0.1) is 0 Å². The SMILES string of the molecule is C=C(C)n1c(OCCCCCBr)nc2ccccc21. The van der Waals surface area contributed by atoms with Crippen LogP contribution in [0.1, 0.15) is 26.2 Å². The summed E-state index contributed by atoms with van der Waals surface area (Å²) in [5.41, 5.74) is 2.91. The molecule has 19 heavy (non-hydrogen) atoms. The quantitative estimate of drug-likeness (QED) is 0.555. The normalized spacial score (nSPS) is 10.8. The third kappa shape index (κ3) is 3.38. The van der Waals surface area contributed by atoms with E-state index < -0.39 is 0 Å². The molecule has 3 nitrogen and oxygen atoms in total. The largest absolute Gasteiger partial charge is 0.464 e. The molecular formula is C15H19BrN2O. The molecule has 0 fully saturated rings. The number of nitrogens with zero attached hydrogens (tertiary/aromatic N) is 2. The van der Waals surface area contributed by atoms with Gasteiger partial charge < -0.3 is 4.74 Å². The van der Waals surface area contributed by atoms with Crippen molar-refractivity contribution in [2.24, 2.45) is 0 Å². The lowest BCUT2D eigenvalue weighted by Crippen LogP contribution is -2.04. The molecule has 1 aromatic carbocycles. The van der Waals surface area contributed by atoms with Gasteiger partial charge >= 0.3 is 6.01 Å². The van der Waals surface area contributed by atoms with Crippen LogP contribution < -0.4 is 4.74 Å². The first-order valence-corrected chi connectivity index (χ1v) is 7.68. The smallest absolute Gasteiger partial charge is 0.301 e. The first kappa shape index (κ1) is 14.1. The minimum absolute atomic E-state index is 0.646. The van der Waals surface area contributed by atoms with Gasteiger partial charge in [0.15, 0.2) is 0 Å². The number of hydrogen-bond acceptors (Lipinski definition) is 2. The maximum atomic E-state index is 5.81. The molecule has 0 aliphatic heterocycles. The first-order valence-electron chi connectivity index (χ1n) is 6.56. The zero-order chi connectivity index (χ0) is 13.7. The molecule has 0 N–H and O–H groups in total. The Morgan fingerprint density at radius 1 is 1.32 bits per heavy atom. The van der Waals surface area contributed by atoms with Crippen molar-refractivity contribution in [2.45, 2.75) is 26.2 Å². The van der Waals surface area contributed by atoms with Crippen LogP contribution in [0, 0.1) is 0 Å². The highest BCUT2D eigenvalue weighted by Gasteiger charge is 2.11. The summed E-state index contributed by atoms with van der Waals surface area (Å²) in [4.78, 5) is 4.52. The van der Waals surface area contributed by atoms with E-state index in [0.717, 1.165) is 28.5 Å². The Morgan fingerprint density at radius 3 is 2.84 bits per heavy atom. The number of ether oxygens (including phenoxy) is 1. The Kier molecular flexibility index (Phi) is 5.02. The molecule has 0 aliphatic rings. The number of rotatable bonds is 7. The fourth-order valence-electron chi connectivity index (χ4n) is 2.01. The molecule has 0 saturated carbocycles. The highest BCUT2D eigenvalue weighted by atomic mass is 79.9. The summed E-state index contributed by atoms with van der Waals surface area (Å²) >= 11 is 3.43. The fourth-order valence-corrected chi connectivity index (χ4v) is 2.40. The Balaban J connectivity index is 2.13. The van der Waals surface area contributed by atoms with Crippen LogP contribution in [-0.2, 0) is 0 Å². The fraction of sp³-hybridized carbons (Fsp3) is 0.400. The molecule has 0 aliphatic carbocycles. The predicted octanol–water partition coefficient (Wildman–Crippen LogP) is 4.47. The van der Waals surface area contributed by atoms with Gasteiger partial charge in [-0.05, 0) is 38.3 Å². The van der Waals surface area contributed by atoms with Crippen LogP contribution in [0.5, 0.6) is 6.01 Å². The third-order valence-corrected chi connectivity index (χ3v) is 3.48. The molecule has 0 atom stereocenters. The third-order valence-electron chi connectivity index (χ3n) is 2.92. The summed E-state index contributed by atoms with van der Waals surface area (Å²) in [5, 5.41) is 1.05. The van der Waals surface area contributed by atoms with Crippen LogP contribution in [-0.4, -0.2) is 21.5 Å². The van der Waals surface area contributed by atoms with Gasteiger partial charge in [0.1, 0.15) is 0 Å². The molecule has 1 aromatic heterocycles. The van der Waals surface area contributed by atoms with E-state index >= 15 is 0 Å². The predicted molar refractivity (Wildman–Crippen MR) is 83.9 cm³/mol. The summed E-state index contributed by atoms with van der Waals surface area (Å²) < 4.78 is 7.78. The number of hydrogen-bond donors (Lipinski definition) is 0. The van der Waals surface area contributed by atoms with E-state index in [0.29, 0.717) is 12.6 Å². The van der Waals surface area contributed by atoms with Gasteiger partial charge in [0.2, 0.25) is 0 Å². The number of unbranched alkanes of at least 4 members (excludes halogenated alkanes) is 2. The van der Waals surface area contributed by atoms with Crippen molar-refractivity contribution >= 4 is 32.7 Å². The maximum Gasteiger partial charge on any atom is 0.301 e. The highest BCUT2D eigenvalue weighted by Crippen LogP contribution is 2.24. The van der Waals surface area contributed by atoms with E-state index in [1.165, 1.54) is 12.8 Å². The molecular weight excluding hydrogens is 304 g/mol. The van der Waals surface area contributed by atoms with Crippen LogP contribution in [0.3, 0.4) is 0 Å². The number of imidazole rings is 1. The number of para-hydroxylation sites is 2. The molecule has 0 amide bonds. The van der Waals surface area contributed by atoms with Crippen molar-refractivity contribution in [3.05, 3.63) is 30.8 Å². The number of alkyl halides is 1. The van der Waals surface area contributed by atoms with E-state index in [1.54, 1.807) is 0 Å². The molecule has 0 spiro atoms. The van der Waals surface area contributed by atoms with Crippen LogP contribution in [0.4, 0.5) is 0 Å². The standard InChI is InChI=1S/C15H19BrN2O/c1-12(2)18-14-9-5-4-8-13(14)17-15(18)19-11-7-3-6-10-16/h4-5,8-9H,1,3,6-7,10-11H2,2H3. The van der Waals surface area contributed by atoms with Crippen LogP contribution in [0.25, 0.3) is 16.7 Å². The summed E-state index contributed by atoms with van der Waals surface area (Å²) in [7, 11) is 0. The first-order chi connectivity index (χ1) is 9.24. The van der Waals surface area contributed by atoms with E-state index in [1.807, 2.05) is 35.8 Å². The van der Waals surface area contributed by atoms with Gasteiger partial charge in [-0.25, -0.2) is 0 Å². The van der Waals surface area contributed by atoms with Crippen molar-refractivity contribution in [1.29, 1.82) is 0 Å². The number of fused-ring (bicyclic) bond motifs is 1. The number of benzene rings is 1. The molecule has 0 saturated heterocycles. The maximum absolute atomic E-state index is 5.81. The second kappa shape index (κ2) is 6.75. The Bertz CT molecular complexity index is 562. The molecule has 0 unspecified atom stereocenters. The zero-order valence-electron chi connectivity index (χ0n) is 11.2. The number of halogens is 1. The average molecular weight is 323 g/mol. The average Bonchev–Trinajstić information content (AvgIpc) is 2.76. The van der Waals surface area contributed by atoms with Gasteiger partial charge in [-0.3, -0.25) is 4.57 Å².